The Labute approximate surface area is 239 Å². The summed E-state index contributed by atoms with van der Waals surface area (Å²) < 4.78 is 27.8. The molecule has 214 valence electrons. The minimum absolute atomic E-state index is 0.0667. The zero-order valence-corrected chi connectivity index (χ0v) is 23.5. The highest BCUT2D eigenvalue weighted by atomic mass is 19.1. The summed E-state index contributed by atoms with van der Waals surface area (Å²) in [4.78, 5) is 32.0. The molecule has 0 unspecified atom stereocenters. The Kier molecular flexibility index (Phi) is 8.72. The maximum atomic E-state index is 14.3. The average molecular weight is 559 g/mol. The van der Waals surface area contributed by atoms with Crippen LogP contribution in [0.1, 0.15) is 45.7 Å². The van der Waals surface area contributed by atoms with Crippen molar-refractivity contribution in [1.82, 2.24) is 14.4 Å². The molecule has 1 aliphatic heterocycles. The number of anilines is 1. The van der Waals surface area contributed by atoms with Gasteiger partial charge in [0.25, 0.3) is 11.8 Å². The summed E-state index contributed by atoms with van der Waals surface area (Å²) >= 11 is 0. The van der Waals surface area contributed by atoms with Gasteiger partial charge < -0.3 is 28.4 Å². The molecule has 4 aromatic rings. The van der Waals surface area contributed by atoms with Crippen LogP contribution in [-0.2, 0) is 13.1 Å². The van der Waals surface area contributed by atoms with Gasteiger partial charge in [0.15, 0.2) is 5.76 Å². The van der Waals surface area contributed by atoms with Crippen molar-refractivity contribution >= 4 is 17.5 Å². The second kappa shape index (κ2) is 12.8. The number of piperazine rings is 1. The number of methoxy groups -OCH3 is 1. The fourth-order valence-electron chi connectivity index (χ4n) is 5.21. The van der Waals surface area contributed by atoms with Crippen molar-refractivity contribution in [2.45, 2.75) is 26.4 Å². The Morgan fingerprint density at radius 2 is 1.71 bits per heavy atom. The quantitative estimate of drug-likeness (QED) is 0.265. The van der Waals surface area contributed by atoms with Crippen LogP contribution in [0.4, 0.5) is 10.1 Å². The zero-order chi connectivity index (χ0) is 28.8. The summed E-state index contributed by atoms with van der Waals surface area (Å²) in [6.07, 6.45) is 2.66. The van der Waals surface area contributed by atoms with E-state index in [1.165, 1.54) is 12.1 Å². The standard InChI is InChI=1S/C32H35FN4O4/c1-3-16-37(31(38)26-10-4-5-11-27(26)33)22-24-9-8-17-36(24)23-25-14-15-30(41-25)32(39)35-20-18-34(19-21-35)28-12-6-7-13-29(28)40-2/h4-15,17H,3,16,18-23H2,1-2H3. The molecular weight excluding hydrogens is 523 g/mol. The monoisotopic (exact) mass is 558 g/mol. The van der Waals surface area contributed by atoms with Crippen LogP contribution in [0.5, 0.6) is 5.75 Å². The maximum absolute atomic E-state index is 14.3. The number of benzene rings is 2. The van der Waals surface area contributed by atoms with Crippen molar-refractivity contribution in [3.63, 3.8) is 0 Å². The number of hydrogen-bond donors (Lipinski definition) is 0. The number of rotatable bonds is 10. The lowest BCUT2D eigenvalue weighted by Gasteiger charge is -2.36. The van der Waals surface area contributed by atoms with E-state index < -0.39 is 5.82 Å². The maximum Gasteiger partial charge on any atom is 0.289 e. The molecule has 1 aliphatic rings. The third-order valence-corrected chi connectivity index (χ3v) is 7.35. The van der Waals surface area contributed by atoms with E-state index in [2.05, 4.69) is 4.90 Å². The number of halogens is 1. The van der Waals surface area contributed by atoms with Crippen molar-refractivity contribution in [3.8, 4) is 5.75 Å². The van der Waals surface area contributed by atoms with Gasteiger partial charge in [0.1, 0.15) is 17.3 Å². The first-order valence-corrected chi connectivity index (χ1v) is 13.9. The predicted octanol–water partition coefficient (Wildman–Crippen LogP) is 5.29. The molecule has 0 radical (unpaired) electrons. The number of para-hydroxylation sites is 2. The van der Waals surface area contributed by atoms with Crippen LogP contribution in [0.3, 0.4) is 0 Å². The van der Waals surface area contributed by atoms with E-state index in [9.17, 15) is 14.0 Å². The van der Waals surface area contributed by atoms with E-state index in [1.807, 2.05) is 65.1 Å². The lowest BCUT2D eigenvalue weighted by molar-refractivity contribution is 0.0709. The number of aromatic nitrogens is 1. The molecule has 0 aliphatic carbocycles. The third-order valence-electron chi connectivity index (χ3n) is 7.35. The molecular formula is C32H35FN4O4. The number of furan rings is 1. The highest BCUT2D eigenvalue weighted by Gasteiger charge is 2.26. The third kappa shape index (κ3) is 6.29. The highest BCUT2D eigenvalue weighted by molar-refractivity contribution is 5.94. The Balaban J connectivity index is 1.22. The molecule has 2 aromatic heterocycles. The molecule has 2 amide bonds. The van der Waals surface area contributed by atoms with Crippen molar-refractivity contribution < 1.29 is 23.1 Å². The molecule has 0 saturated carbocycles. The Hall–Kier alpha value is -4.53. The molecule has 3 heterocycles. The Morgan fingerprint density at radius 1 is 0.951 bits per heavy atom. The van der Waals surface area contributed by atoms with E-state index in [0.29, 0.717) is 57.3 Å². The molecule has 0 atom stereocenters. The first-order valence-electron chi connectivity index (χ1n) is 13.9. The second-order valence-electron chi connectivity index (χ2n) is 10.1. The number of hydrogen-bond acceptors (Lipinski definition) is 5. The van der Waals surface area contributed by atoms with Gasteiger partial charge in [-0.25, -0.2) is 4.39 Å². The van der Waals surface area contributed by atoms with Gasteiger partial charge in [0, 0.05) is 44.6 Å². The van der Waals surface area contributed by atoms with Crippen LogP contribution in [0.15, 0.2) is 83.4 Å². The van der Waals surface area contributed by atoms with Crippen LogP contribution in [0, 0.1) is 5.82 Å². The topological polar surface area (TPSA) is 71.2 Å². The molecule has 9 heteroatoms. The molecule has 0 spiro atoms. The summed E-state index contributed by atoms with van der Waals surface area (Å²) in [5, 5.41) is 0. The smallest absolute Gasteiger partial charge is 0.289 e. The van der Waals surface area contributed by atoms with E-state index >= 15 is 0 Å². The largest absolute Gasteiger partial charge is 0.495 e. The van der Waals surface area contributed by atoms with Crippen LogP contribution in [0.2, 0.25) is 0 Å². The summed E-state index contributed by atoms with van der Waals surface area (Å²) in [6.45, 7) is 5.79. The molecule has 5 rings (SSSR count). The summed E-state index contributed by atoms with van der Waals surface area (Å²) in [7, 11) is 1.66. The van der Waals surface area contributed by atoms with Gasteiger partial charge in [-0.15, -0.1) is 0 Å². The average Bonchev–Trinajstić information content (AvgIpc) is 3.66. The highest BCUT2D eigenvalue weighted by Crippen LogP contribution is 2.28. The fraction of sp³-hybridized carbons (Fsp3) is 0.312. The Morgan fingerprint density at radius 3 is 2.46 bits per heavy atom. The van der Waals surface area contributed by atoms with Crippen molar-refractivity contribution in [3.05, 3.63) is 108 Å². The van der Waals surface area contributed by atoms with Crippen LogP contribution in [0.25, 0.3) is 0 Å². The lowest BCUT2D eigenvalue weighted by Crippen LogP contribution is -2.48. The number of amides is 2. The van der Waals surface area contributed by atoms with Crippen molar-refractivity contribution in [2.75, 3.05) is 44.7 Å². The van der Waals surface area contributed by atoms with Crippen LogP contribution < -0.4 is 9.64 Å². The van der Waals surface area contributed by atoms with Gasteiger partial charge in [0.2, 0.25) is 0 Å². The van der Waals surface area contributed by atoms with Gasteiger partial charge >= 0.3 is 0 Å². The van der Waals surface area contributed by atoms with Crippen molar-refractivity contribution in [1.29, 1.82) is 0 Å². The minimum Gasteiger partial charge on any atom is -0.495 e. The van der Waals surface area contributed by atoms with Gasteiger partial charge in [-0.3, -0.25) is 9.59 Å². The molecule has 8 nitrogen and oxygen atoms in total. The molecule has 1 saturated heterocycles. The molecule has 41 heavy (non-hydrogen) atoms. The summed E-state index contributed by atoms with van der Waals surface area (Å²) in [5.41, 5.74) is 1.98. The van der Waals surface area contributed by atoms with E-state index in [-0.39, 0.29) is 17.4 Å². The van der Waals surface area contributed by atoms with E-state index in [1.54, 1.807) is 30.2 Å². The summed E-state index contributed by atoms with van der Waals surface area (Å²) in [5.74, 6) is 0.773. The SMILES string of the molecule is CCCN(Cc1cccn1Cc1ccc(C(=O)N2CCN(c3ccccc3OC)CC2)o1)C(=O)c1ccccc1F. The second-order valence-corrected chi connectivity index (χ2v) is 10.1. The van der Waals surface area contributed by atoms with E-state index in [0.717, 1.165) is 23.6 Å². The van der Waals surface area contributed by atoms with Crippen LogP contribution >= 0.6 is 0 Å². The minimum atomic E-state index is -0.525. The van der Waals surface area contributed by atoms with Gasteiger partial charge in [-0.05, 0) is 55.0 Å². The molecule has 0 bridgehead atoms. The molecule has 0 N–H and O–H groups in total. The molecule has 1 fully saturated rings. The first-order chi connectivity index (χ1) is 20.0. The van der Waals surface area contributed by atoms with Gasteiger partial charge in [-0.1, -0.05) is 31.2 Å². The predicted molar refractivity (Wildman–Crippen MR) is 155 cm³/mol. The lowest BCUT2D eigenvalue weighted by atomic mass is 10.1. The zero-order valence-electron chi connectivity index (χ0n) is 23.5. The van der Waals surface area contributed by atoms with Crippen molar-refractivity contribution in [2.24, 2.45) is 0 Å². The fourth-order valence-corrected chi connectivity index (χ4v) is 5.21. The van der Waals surface area contributed by atoms with E-state index in [4.69, 9.17) is 9.15 Å². The first kappa shape index (κ1) is 28.0. The van der Waals surface area contributed by atoms with Gasteiger partial charge in [0.05, 0.1) is 31.5 Å². The normalized spacial score (nSPS) is 13.3. The number of nitrogens with zero attached hydrogens (tertiary/aromatic N) is 4. The van der Waals surface area contributed by atoms with Crippen LogP contribution in [-0.4, -0.2) is 66.0 Å². The number of carbonyl (C=O) groups is 2. The molecule has 2 aromatic carbocycles. The summed E-state index contributed by atoms with van der Waals surface area (Å²) in [6, 6.07) is 21.3. The number of carbonyl (C=O) groups excluding carboxylic acids is 2. The van der Waals surface area contributed by atoms with Gasteiger partial charge in [-0.2, -0.15) is 0 Å². The Bertz CT molecular complexity index is 1490. The number of ether oxygens (including phenoxy) is 1.